The Morgan fingerprint density at radius 2 is 1.76 bits per heavy atom. The van der Waals surface area contributed by atoms with Gasteiger partial charge < -0.3 is 5.32 Å². The lowest BCUT2D eigenvalue weighted by Crippen LogP contribution is -2.14. The summed E-state index contributed by atoms with van der Waals surface area (Å²) >= 11 is 0. The molecule has 0 bridgehead atoms. The van der Waals surface area contributed by atoms with Gasteiger partial charge in [0.1, 0.15) is 0 Å². The number of carbonyl (C=O) groups excluding carboxylic acids is 1. The van der Waals surface area contributed by atoms with Crippen LogP contribution in [0.15, 0.2) is 54.9 Å². The molecule has 0 saturated carbocycles. The molecule has 0 aliphatic rings. The fraction of sp³-hybridized carbons (Fsp3) is 0.0667. The number of hydrogen-bond acceptors (Lipinski definition) is 4. The summed E-state index contributed by atoms with van der Waals surface area (Å²) in [6.45, 7) is 1.76. The third-order valence-corrected chi connectivity index (χ3v) is 2.92. The normalized spacial score (nSPS) is 10.3. The molecular weight excluding hydrogens is 266 g/mol. The highest BCUT2D eigenvalue weighted by molar-refractivity contribution is 6.03. The lowest BCUT2D eigenvalue weighted by atomic mass is 10.3. The summed E-state index contributed by atoms with van der Waals surface area (Å²) in [5.41, 5.74) is 2.35. The first-order valence-electron chi connectivity index (χ1n) is 6.45. The lowest BCUT2D eigenvalue weighted by Gasteiger charge is -2.02. The van der Waals surface area contributed by atoms with E-state index in [0.717, 1.165) is 5.69 Å². The molecule has 0 saturated heterocycles. The van der Waals surface area contributed by atoms with Gasteiger partial charge in [-0.25, -0.2) is 0 Å². The van der Waals surface area contributed by atoms with Gasteiger partial charge in [0.15, 0.2) is 5.69 Å². The lowest BCUT2D eigenvalue weighted by molar-refractivity contribution is 0.102. The zero-order valence-electron chi connectivity index (χ0n) is 11.4. The van der Waals surface area contributed by atoms with Crippen molar-refractivity contribution in [3.05, 3.63) is 66.2 Å². The van der Waals surface area contributed by atoms with Crippen LogP contribution in [0.25, 0.3) is 5.69 Å². The number of amides is 1. The molecule has 1 N–H and O–H groups in total. The van der Waals surface area contributed by atoms with Crippen molar-refractivity contribution in [2.75, 3.05) is 5.32 Å². The van der Waals surface area contributed by atoms with Gasteiger partial charge in [-0.15, -0.1) is 5.10 Å². The summed E-state index contributed by atoms with van der Waals surface area (Å²) in [4.78, 5) is 17.6. The number of pyridine rings is 1. The Morgan fingerprint density at radius 1 is 1.05 bits per heavy atom. The zero-order chi connectivity index (χ0) is 14.7. The number of benzene rings is 1. The molecule has 2 aromatic heterocycles. The summed E-state index contributed by atoms with van der Waals surface area (Å²) in [5, 5.41) is 11.3. The van der Waals surface area contributed by atoms with E-state index in [1.807, 2.05) is 30.3 Å². The van der Waals surface area contributed by atoms with E-state index in [4.69, 9.17) is 0 Å². The average molecular weight is 279 g/mol. The maximum Gasteiger partial charge on any atom is 0.278 e. The van der Waals surface area contributed by atoms with Crippen LogP contribution in [0, 0.1) is 6.92 Å². The quantitative estimate of drug-likeness (QED) is 0.798. The van der Waals surface area contributed by atoms with E-state index in [9.17, 15) is 4.79 Å². The van der Waals surface area contributed by atoms with Gasteiger partial charge in [-0.3, -0.25) is 9.78 Å². The number of carbonyl (C=O) groups is 1. The second-order valence-corrected chi connectivity index (χ2v) is 4.45. The molecule has 3 aromatic rings. The highest BCUT2D eigenvalue weighted by Gasteiger charge is 2.16. The van der Waals surface area contributed by atoms with E-state index < -0.39 is 0 Å². The van der Waals surface area contributed by atoms with Gasteiger partial charge in [0, 0.05) is 18.1 Å². The van der Waals surface area contributed by atoms with E-state index in [1.54, 1.807) is 31.5 Å². The first kappa shape index (κ1) is 13.0. The first-order valence-corrected chi connectivity index (χ1v) is 6.45. The Hall–Kier alpha value is -3.02. The maximum atomic E-state index is 12.2. The topological polar surface area (TPSA) is 72.7 Å². The monoisotopic (exact) mass is 279 g/mol. The summed E-state index contributed by atoms with van der Waals surface area (Å²) in [5.74, 6) is -0.291. The van der Waals surface area contributed by atoms with Crippen LogP contribution in [-0.4, -0.2) is 25.9 Å². The molecule has 0 aliphatic carbocycles. The highest BCUT2D eigenvalue weighted by Crippen LogP contribution is 2.11. The van der Waals surface area contributed by atoms with Crippen molar-refractivity contribution in [2.24, 2.45) is 0 Å². The van der Waals surface area contributed by atoms with Crippen LogP contribution < -0.4 is 5.32 Å². The number of nitrogens with one attached hydrogen (secondary N) is 1. The molecule has 1 aromatic carbocycles. The van der Waals surface area contributed by atoms with Crippen molar-refractivity contribution in [1.82, 2.24) is 20.0 Å². The second-order valence-electron chi connectivity index (χ2n) is 4.45. The fourth-order valence-electron chi connectivity index (χ4n) is 1.89. The molecule has 6 heteroatoms. The molecule has 104 valence electrons. The van der Waals surface area contributed by atoms with E-state index in [1.165, 1.54) is 4.80 Å². The van der Waals surface area contributed by atoms with Gasteiger partial charge in [0.05, 0.1) is 11.4 Å². The predicted octanol–water partition coefficient (Wildman–Crippen LogP) is 2.22. The van der Waals surface area contributed by atoms with Gasteiger partial charge in [-0.1, -0.05) is 18.2 Å². The molecule has 0 spiro atoms. The van der Waals surface area contributed by atoms with Crippen molar-refractivity contribution in [3.8, 4) is 5.69 Å². The molecule has 0 fully saturated rings. The number of para-hydroxylation sites is 1. The Morgan fingerprint density at radius 3 is 2.48 bits per heavy atom. The van der Waals surface area contributed by atoms with Crippen LogP contribution in [0.4, 0.5) is 5.69 Å². The minimum atomic E-state index is -0.291. The molecule has 6 nitrogen and oxygen atoms in total. The van der Waals surface area contributed by atoms with E-state index in [0.29, 0.717) is 17.1 Å². The number of rotatable bonds is 3. The molecule has 0 aliphatic heterocycles. The number of nitrogens with zero attached hydrogens (tertiary/aromatic N) is 4. The Kier molecular flexibility index (Phi) is 3.42. The molecular formula is C15H13N5O. The van der Waals surface area contributed by atoms with Crippen LogP contribution in [0.3, 0.4) is 0 Å². The van der Waals surface area contributed by atoms with Crippen LogP contribution in [0.1, 0.15) is 16.2 Å². The third kappa shape index (κ3) is 2.79. The molecule has 2 heterocycles. The Labute approximate surface area is 121 Å². The largest absolute Gasteiger partial charge is 0.320 e. The van der Waals surface area contributed by atoms with Crippen LogP contribution in [-0.2, 0) is 0 Å². The second kappa shape index (κ2) is 5.54. The summed E-state index contributed by atoms with van der Waals surface area (Å²) in [7, 11) is 0. The Balaban J connectivity index is 1.86. The molecule has 21 heavy (non-hydrogen) atoms. The number of hydrogen-bond donors (Lipinski definition) is 1. The van der Waals surface area contributed by atoms with Crippen molar-refractivity contribution in [2.45, 2.75) is 6.92 Å². The molecule has 0 radical (unpaired) electrons. The maximum absolute atomic E-state index is 12.2. The molecule has 3 rings (SSSR count). The predicted molar refractivity (Wildman–Crippen MR) is 78.3 cm³/mol. The first-order chi connectivity index (χ1) is 10.2. The third-order valence-electron chi connectivity index (χ3n) is 2.92. The summed E-state index contributed by atoms with van der Waals surface area (Å²) in [6, 6.07) is 12.9. The number of aryl methyl sites for hydroxylation is 1. The van der Waals surface area contributed by atoms with Crippen LogP contribution >= 0.6 is 0 Å². The van der Waals surface area contributed by atoms with Gasteiger partial charge in [0.25, 0.3) is 5.91 Å². The molecule has 1 amide bonds. The summed E-state index contributed by atoms with van der Waals surface area (Å²) < 4.78 is 0. The van der Waals surface area contributed by atoms with E-state index in [2.05, 4.69) is 20.5 Å². The standard InChI is InChI=1S/C15H13N5O/c1-11-14(15(21)17-12-7-9-16-10-8-12)19-20(18-11)13-5-3-2-4-6-13/h2-10H,1H3,(H,16,17,21). The van der Waals surface area contributed by atoms with Crippen molar-refractivity contribution < 1.29 is 4.79 Å². The van der Waals surface area contributed by atoms with Gasteiger partial charge in [0.2, 0.25) is 0 Å². The average Bonchev–Trinajstić information content (AvgIpc) is 2.91. The van der Waals surface area contributed by atoms with Gasteiger partial charge >= 0.3 is 0 Å². The van der Waals surface area contributed by atoms with E-state index in [-0.39, 0.29) is 5.91 Å². The van der Waals surface area contributed by atoms with Crippen molar-refractivity contribution >= 4 is 11.6 Å². The molecule has 0 atom stereocenters. The zero-order valence-corrected chi connectivity index (χ0v) is 11.4. The SMILES string of the molecule is Cc1nn(-c2ccccc2)nc1C(=O)Nc1ccncc1. The smallest absolute Gasteiger partial charge is 0.278 e. The number of anilines is 1. The van der Waals surface area contributed by atoms with E-state index >= 15 is 0 Å². The van der Waals surface area contributed by atoms with Gasteiger partial charge in [-0.2, -0.15) is 9.90 Å². The van der Waals surface area contributed by atoms with Crippen molar-refractivity contribution in [3.63, 3.8) is 0 Å². The van der Waals surface area contributed by atoms with Gasteiger partial charge in [-0.05, 0) is 31.2 Å². The fourth-order valence-corrected chi connectivity index (χ4v) is 1.89. The number of aromatic nitrogens is 4. The molecule has 0 unspecified atom stereocenters. The highest BCUT2D eigenvalue weighted by atomic mass is 16.2. The van der Waals surface area contributed by atoms with Crippen LogP contribution in [0.2, 0.25) is 0 Å². The minimum Gasteiger partial charge on any atom is -0.320 e. The summed E-state index contributed by atoms with van der Waals surface area (Å²) in [6.07, 6.45) is 3.23. The minimum absolute atomic E-state index is 0.291. The van der Waals surface area contributed by atoms with Crippen molar-refractivity contribution in [1.29, 1.82) is 0 Å². The van der Waals surface area contributed by atoms with Crippen LogP contribution in [0.5, 0.6) is 0 Å². The Bertz CT molecular complexity index is 752.